The van der Waals surface area contributed by atoms with Crippen molar-refractivity contribution in [2.75, 3.05) is 16.2 Å². The first kappa shape index (κ1) is 26.8. The Morgan fingerprint density at radius 2 is 1.51 bits per heavy atom. The molecule has 0 aliphatic heterocycles. The number of aryl methyl sites for hydroxylation is 1. The summed E-state index contributed by atoms with van der Waals surface area (Å²) in [5.41, 5.74) is 1.22. The molecule has 0 radical (unpaired) electrons. The summed E-state index contributed by atoms with van der Waals surface area (Å²) in [5.74, 6) is 0.235. The number of nitrogens with zero attached hydrogens (tertiary/aromatic N) is 1. The van der Waals surface area contributed by atoms with Crippen LogP contribution in [0.2, 0.25) is 15.1 Å². The maximum atomic E-state index is 13.7. The van der Waals surface area contributed by atoms with Crippen LogP contribution in [0.15, 0.2) is 95.9 Å². The van der Waals surface area contributed by atoms with E-state index in [1.807, 2.05) is 25.1 Å². The highest BCUT2D eigenvalue weighted by molar-refractivity contribution is 7.92. The number of amides is 1. The molecule has 0 saturated carbocycles. The van der Waals surface area contributed by atoms with Crippen LogP contribution in [0.5, 0.6) is 11.5 Å². The van der Waals surface area contributed by atoms with E-state index in [0.717, 1.165) is 9.87 Å². The topological polar surface area (TPSA) is 75.7 Å². The highest BCUT2D eigenvalue weighted by Gasteiger charge is 2.29. The monoisotopic (exact) mass is 574 g/mol. The van der Waals surface area contributed by atoms with Gasteiger partial charge in [0.25, 0.3) is 10.0 Å². The maximum absolute atomic E-state index is 13.7. The van der Waals surface area contributed by atoms with Crippen LogP contribution in [0.3, 0.4) is 0 Å². The van der Waals surface area contributed by atoms with E-state index < -0.39 is 22.5 Å². The zero-order chi connectivity index (χ0) is 26.6. The van der Waals surface area contributed by atoms with Gasteiger partial charge in [0.2, 0.25) is 5.91 Å². The highest BCUT2D eigenvalue weighted by Crippen LogP contribution is 2.35. The second-order valence-electron chi connectivity index (χ2n) is 8.02. The van der Waals surface area contributed by atoms with E-state index in [-0.39, 0.29) is 26.3 Å². The molecule has 0 spiro atoms. The molecule has 1 amide bonds. The Morgan fingerprint density at radius 1 is 0.865 bits per heavy atom. The van der Waals surface area contributed by atoms with Crippen LogP contribution in [0, 0.1) is 6.92 Å². The lowest BCUT2D eigenvalue weighted by Gasteiger charge is -2.25. The summed E-state index contributed by atoms with van der Waals surface area (Å²) < 4.78 is 34.1. The first-order valence-electron chi connectivity index (χ1n) is 11.0. The number of para-hydroxylation sites is 1. The minimum atomic E-state index is -4.19. The summed E-state index contributed by atoms with van der Waals surface area (Å²) in [4.78, 5) is 13.2. The van der Waals surface area contributed by atoms with Gasteiger partial charge >= 0.3 is 0 Å². The number of anilines is 2. The second kappa shape index (κ2) is 11.4. The Morgan fingerprint density at radius 3 is 2.22 bits per heavy atom. The summed E-state index contributed by atoms with van der Waals surface area (Å²) in [6.45, 7) is 1.25. The van der Waals surface area contributed by atoms with Crippen LogP contribution in [0.1, 0.15) is 5.56 Å². The molecule has 4 aromatic rings. The Balaban J connectivity index is 1.68. The van der Waals surface area contributed by atoms with Gasteiger partial charge < -0.3 is 10.1 Å². The highest BCUT2D eigenvalue weighted by atomic mass is 35.5. The Kier molecular flexibility index (Phi) is 8.29. The van der Waals surface area contributed by atoms with Crippen molar-refractivity contribution < 1.29 is 17.9 Å². The zero-order valence-corrected chi connectivity index (χ0v) is 22.6. The molecule has 0 heterocycles. The molecule has 0 unspecified atom stereocenters. The standard InChI is InChI=1S/C27H21Cl3N2O4S/c1-18-7-11-22(12-8-18)37(34,35)32(25-16-20(29)9-13-23(25)30)17-27(33)31-24-15-19(28)10-14-26(24)36-21-5-3-2-4-6-21/h2-16H,17H2,1H3,(H,31,33). The van der Waals surface area contributed by atoms with Crippen molar-refractivity contribution in [3.8, 4) is 11.5 Å². The molecular weight excluding hydrogens is 555 g/mol. The third-order valence-electron chi connectivity index (χ3n) is 5.26. The van der Waals surface area contributed by atoms with Crippen LogP contribution >= 0.6 is 34.8 Å². The number of ether oxygens (including phenoxy) is 1. The number of sulfonamides is 1. The molecule has 4 aromatic carbocycles. The number of carbonyl (C=O) groups excluding carboxylic acids is 1. The van der Waals surface area contributed by atoms with Crippen LogP contribution in [-0.4, -0.2) is 20.9 Å². The molecule has 4 rings (SSSR count). The number of carbonyl (C=O) groups is 1. The predicted octanol–water partition coefficient (Wildman–Crippen LogP) is 7.58. The predicted molar refractivity (Wildman–Crippen MR) is 149 cm³/mol. The summed E-state index contributed by atoms with van der Waals surface area (Å²) in [7, 11) is -4.19. The normalized spacial score (nSPS) is 11.1. The molecule has 37 heavy (non-hydrogen) atoms. The number of nitrogens with one attached hydrogen (secondary N) is 1. The van der Waals surface area contributed by atoms with Crippen LogP contribution < -0.4 is 14.4 Å². The lowest BCUT2D eigenvalue weighted by molar-refractivity contribution is -0.114. The molecule has 1 N–H and O–H groups in total. The Bertz CT molecular complexity index is 1530. The van der Waals surface area contributed by atoms with E-state index in [4.69, 9.17) is 39.5 Å². The van der Waals surface area contributed by atoms with Crippen LogP contribution in [-0.2, 0) is 14.8 Å². The number of benzene rings is 4. The van der Waals surface area contributed by atoms with Crippen molar-refractivity contribution in [3.63, 3.8) is 0 Å². The molecule has 0 fully saturated rings. The van der Waals surface area contributed by atoms with E-state index in [1.165, 1.54) is 36.4 Å². The number of hydrogen-bond donors (Lipinski definition) is 1. The SMILES string of the molecule is Cc1ccc(S(=O)(=O)N(CC(=O)Nc2cc(Cl)ccc2Oc2ccccc2)c2cc(Cl)ccc2Cl)cc1. The van der Waals surface area contributed by atoms with Crippen molar-refractivity contribution in [2.45, 2.75) is 11.8 Å². The second-order valence-corrected chi connectivity index (χ2v) is 11.2. The van der Waals surface area contributed by atoms with Gasteiger partial charge in [0.1, 0.15) is 12.3 Å². The minimum Gasteiger partial charge on any atom is -0.455 e. The molecule has 0 aromatic heterocycles. The Labute approximate surface area is 230 Å². The third kappa shape index (κ3) is 6.56. The first-order chi connectivity index (χ1) is 17.6. The fourth-order valence-corrected chi connectivity index (χ4v) is 5.48. The average molecular weight is 576 g/mol. The van der Waals surface area contributed by atoms with Crippen molar-refractivity contribution >= 4 is 62.1 Å². The Hall–Kier alpha value is -3.23. The van der Waals surface area contributed by atoms with Gasteiger partial charge in [-0.15, -0.1) is 0 Å². The van der Waals surface area contributed by atoms with Gasteiger partial charge in [-0.2, -0.15) is 0 Å². The quantitative estimate of drug-likeness (QED) is 0.235. The molecule has 10 heteroatoms. The van der Waals surface area contributed by atoms with Crippen LogP contribution in [0.4, 0.5) is 11.4 Å². The number of hydrogen-bond acceptors (Lipinski definition) is 4. The minimum absolute atomic E-state index is 0.00204. The third-order valence-corrected chi connectivity index (χ3v) is 7.82. The van der Waals surface area contributed by atoms with E-state index in [1.54, 1.807) is 36.4 Å². The molecule has 190 valence electrons. The lowest BCUT2D eigenvalue weighted by atomic mass is 10.2. The molecule has 0 atom stereocenters. The molecule has 0 bridgehead atoms. The van der Waals surface area contributed by atoms with E-state index in [0.29, 0.717) is 16.5 Å². The van der Waals surface area contributed by atoms with E-state index in [9.17, 15) is 13.2 Å². The summed E-state index contributed by atoms with van der Waals surface area (Å²) in [6, 6.07) is 24.4. The van der Waals surface area contributed by atoms with E-state index >= 15 is 0 Å². The summed E-state index contributed by atoms with van der Waals surface area (Å²) in [6.07, 6.45) is 0. The number of rotatable bonds is 8. The van der Waals surface area contributed by atoms with Crippen molar-refractivity contribution in [2.24, 2.45) is 0 Å². The lowest BCUT2D eigenvalue weighted by Crippen LogP contribution is -2.38. The van der Waals surface area contributed by atoms with Crippen molar-refractivity contribution in [3.05, 3.63) is 112 Å². The molecule has 0 aliphatic carbocycles. The number of halogens is 3. The van der Waals surface area contributed by atoms with Gasteiger partial charge in [-0.1, -0.05) is 70.7 Å². The fourth-order valence-electron chi connectivity index (χ4n) is 3.44. The van der Waals surface area contributed by atoms with Gasteiger partial charge in [0, 0.05) is 10.0 Å². The average Bonchev–Trinajstić information content (AvgIpc) is 2.86. The summed E-state index contributed by atoms with van der Waals surface area (Å²) in [5, 5.41) is 3.44. The zero-order valence-electron chi connectivity index (χ0n) is 19.5. The van der Waals surface area contributed by atoms with Crippen molar-refractivity contribution in [1.29, 1.82) is 0 Å². The van der Waals surface area contributed by atoms with Gasteiger partial charge in [-0.3, -0.25) is 9.10 Å². The maximum Gasteiger partial charge on any atom is 0.264 e. The molecule has 0 saturated heterocycles. The molecular formula is C27H21Cl3N2O4S. The van der Waals surface area contributed by atoms with E-state index in [2.05, 4.69) is 5.32 Å². The van der Waals surface area contributed by atoms with Crippen molar-refractivity contribution in [1.82, 2.24) is 0 Å². The summed E-state index contributed by atoms with van der Waals surface area (Å²) >= 11 is 18.7. The molecule has 0 aliphatic rings. The van der Waals surface area contributed by atoms with Gasteiger partial charge in [0.05, 0.1) is 21.3 Å². The first-order valence-corrected chi connectivity index (χ1v) is 13.6. The molecule has 6 nitrogen and oxygen atoms in total. The van der Waals surface area contributed by atoms with Gasteiger partial charge in [0.15, 0.2) is 5.75 Å². The van der Waals surface area contributed by atoms with Crippen LogP contribution in [0.25, 0.3) is 0 Å². The van der Waals surface area contributed by atoms with Gasteiger partial charge in [-0.25, -0.2) is 8.42 Å². The largest absolute Gasteiger partial charge is 0.455 e. The van der Waals surface area contributed by atoms with Gasteiger partial charge in [-0.05, 0) is 67.6 Å². The fraction of sp³-hybridized carbons (Fsp3) is 0.0741. The smallest absolute Gasteiger partial charge is 0.264 e.